The fraction of sp³-hybridized carbons (Fsp3) is 0.533. The number of rotatable bonds is 7. The molecule has 0 saturated heterocycles. The Morgan fingerprint density at radius 1 is 1.40 bits per heavy atom. The van der Waals surface area contributed by atoms with Crippen molar-refractivity contribution in [1.82, 2.24) is 5.32 Å². The summed E-state index contributed by atoms with van der Waals surface area (Å²) in [6, 6.07) is 4.55. The van der Waals surface area contributed by atoms with Crippen LogP contribution in [0.4, 0.5) is 0 Å². The molecule has 0 bridgehead atoms. The molecule has 0 radical (unpaired) electrons. The molecule has 5 nitrogen and oxygen atoms in total. The molecule has 0 heterocycles. The van der Waals surface area contributed by atoms with Gasteiger partial charge in [0.2, 0.25) is 0 Å². The Morgan fingerprint density at radius 3 is 2.65 bits per heavy atom. The van der Waals surface area contributed by atoms with Crippen molar-refractivity contribution in [2.45, 2.75) is 26.7 Å². The van der Waals surface area contributed by atoms with Crippen LogP contribution in [0.3, 0.4) is 0 Å². The van der Waals surface area contributed by atoms with E-state index in [4.69, 9.17) is 9.84 Å². The molecule has 0 aromatic heterocycles. The maximum Gasteiger partial charge on any atom is 0.251 e. The van der Waals surface area contributed by atoms with Crippen LogP contribution in [-0.4, -0.2) is 36.4 Å². The number of ether oxygens (including phenoxy) is 1. The van der Waals surface area contributed by atoms with Gasteiger partial charge in [0.25, 0.3) is 5.91 Å². The maximum absolute atomic E-state index is 12.0. The minimum Gasteiger partial charge on any atom is -0.504 e. The highest BCUT2D eigenvalue weighted by molar-refractivity contribution is 5.94. The van der Waals surface area contributed by atoms with Crippen LogP contribution in [-0.2, 0) is 0 Å². The van der Waals surface area contributed by atoms with Gasteiger partial charge in [-0.25, -0.2) is 0 Å². The number of hydrogen-bond donors (Lipinski definition) is 3. The average molecular weight is 281 g/mol. The van der Waals surface area contributed by atoms with Crippen LogP contribution >= 0.6 is 0 Å². The molecular weight excluding hydrogens is 258 g/mol. The van der Waals surface area contributed by atoms with E-state index in [1.54, 1.807) is 12.1 Å². The average Bonchev–Trinajstić information content (AvgIpc) is 2.42. The van der Waals surface area contributed by atoms with Crippen LogP contribution < -0.4 is 10.1 Å². The molecule has 0 spiro atoms. The van der Waals surface area contributed by atoms with Crippen LogP contribution in [0.25, 0.3) is 0 Å². The van der Waals surface area contributed by atoms with E-state index in [1.165, 1.54) is 13.2 Å². The summed E-state index contributed by atoms with van der Waals surface area (Å²) < 4.78 is 4.93. The summed E-state index contributed by atoms with van der Waals surface area (Å²) >= 11 is 0. The van der Waals surface area contributed by atoms with Crippen molar-refractivity contribution in [2.24, 2.45) is 5.41 Å². The van der Waals surface area contributed by atoms with Crippen LogP contribution in [0.2, 0.25) is 0 Å². The molecule has 1 rings (SSSR count). The Balaban J connectivity index is 2.61. The number of amides is 1. The molecule has 1 aromatic carbocycles. The largest absolute Gasteiger partial charge is 0.504 e. The summed E-state index contributed by atoms with van der Waals surface area (Å²) in [4.78, 5) is 12.0. The predicted molar refractivity (Wildman–Crippen MR) is 77.1 cm³/mol. The first kappa shape index (κ1) is 16.3. The zero-order valence-electron chi connectivity index (χ0n) is 12.3. The molecule has 0 saturated carbocycles. The SMILES string of the molecule is COc1ccc(C(=O)NCC(C)(C)CCCO)cc1O. The number of aromatic hydroxyl groups is 1. The first-order valence-corrected chi connectivity index (χ1v) is 6.66. The second-order valence-corrected chi connectivity index (χ2v) is 5.56. The van der Waals surface area contributed by atoms with E-state index >= 15 is 0 Å². The third-order valence-corrected chi connectivity index (χ3v) is 3.18. The molecule has 20 heavy (non-hydrogen) atoms. The number of aliphatic hydroxyl groups is 1. The maximum atomic E-state index is 12.0. The van der Waals surface area contributed by atoms with Crippen LogP contribution in [0.1, 0.15) is 37.0 Å². The third kappa shape index (κ3) is 4.74. The van der Waals surface area contributed by atoms with Gasteiger partial charge in [-0.1, -0.05) is 13.8 Å². The summed E-state index contributed by atoms with van der Waals surface area (Å²) in [5, 5.41) is 21.3. The normalized spacial score (nSPS) is 11.2. The Bertz CT molecular complexity index is 457. The number of carbonyl (C=O) groups excluding carboxylic acids is 1. The minimum atomic E-state index is -0.236. The Kier molecular flexibility index (Phi) is 5.82. The summed E-state index contributed by atoms with van der Waals surface area (Å²) in [6.45, 7) is 4.74. The second kappa shape index (κ2) is 7.14. The van der Waals surface area contributed by atoms with Gasteiger partial charge in [-0.15, -0.1) is 0 Å². The Labute approximate surface area is 119 Å². The van der Waals surface area contributed by atoms with Gasteiger partial charge in [0.05, 0.1) is 7.11 Å². The van der Waals surface area contributed by atoms with E-state index in [9.17, 15) is 9.90 Å². The van der Waals surface area contributed by atoms with Crippen molar-refractivity contribution in [3.05, 3.63) is 23.8 Å². The zero-order valence-corrected chi connectivity index (χ0v) is 12.3. The number of nitrogens with one attached hydrogen (secondary N) is 1. The molecule has 1 aromatic rings. The lowest BCUT2D eigenvalue weighted by Crippen LogP contribution is -2.34. The molecule has 0 unspecified atom stereocenters. The van der Waals surface area contributed by atoms with Gasteiger partial charge in [0.15, 0.2) is 11.5 Å². The van der Waals surface area contributed by atoms with Crippen molar-refractivity contribution in [1.29, 1.82) is 0 Å². The molecule has 0 aliphatic carbocycles. The third-order valence-electron chi connectivity index (χ3n) is 3.18. The summed E-state index contributed by atoms with van der Waals surface area (Å²) in [5.41, 5.74) is 0.314. The van der Waals surface area contributed by atoms with Crippen LogP contribution in [0, 0.1) is 5.41 Å². The monoisotopic (exact) mass is 281 g/mol. The summed E-state index contributed by atoms with van der Waals surface area (Å²) in [5.74, 6) is 0.0459. The number of methoxy groups -OCH3 is 1. The van der Waals surface area contributed by atoms with Crippen molar-refractivity contribution in [3.63, 3.8) is 0 Å². The van der Waals surface area contributed by atoms with Gasteiger partial charge >= 0.3 is 0 Å². The molecule has 3 N–H and O–H groups in total. The van der Waals surface area contributed by atoms with E-state index in [2.05, 4.69) is 5.32 Å². The standard InChI is InChI=1S/C15H23NO4/c1-15(2,7-4-8-17)10-16-14(19)11-5-6-13(20-3)12(18)9-11/h5-6,9,17-18H,4,7-8,10H2,1-3H3,(H,16,19). The fourth-order valence-corrected chi connectivity index (χ4v) is 1.90. The smallest absolute Gasteiger partial charge is 0.251 e. The number of aliphatic hydroxyl groups excluding tert-OH is 1. The first-order valence-electron chi connectivity index (χ1n) is 6.66. The van der Waals surface area contributed by atoms with E-state index in [-0.39, 0.29) is 23.7 Å². The fourth-order valence-electron chi connectivity index (χ4n) is 1.90. The second-order valence-electron chi connectivity index (χ2n) is 5.56. The highest BCUT2D eigenvalue weighted by atomic mass is 16.5. The lowest BCUT2D eigenvalue weighted by Gasteiger charge is -2.24. The number of phenolic OH excluding ortho intramolecular Hbond substituents is 1. The van der Waals surface area contributed by atoms with E-state index < -0.39 is 0 Å². The topological polar surface area (TPSA) is 78.8 Å². The molecule has 0 fully saturated rings. The zero-order chi connectivity index (χ0) is 15.2. The number of benzene rings is 1. The van der Waals surface area contributed by atoms with Gasteiger partial charge in [0, 0.05) is 18.7 Å². The van der Waals surface area contributed by atoms with Gasteiger partial charge in [0.1, 0.15) is 0 Å². The van der Waals surface area contributed by atoms with Gasteiger partial charge < -0.3 is 20.3 Å². The van der Waals surface area contributed by atoms with Crippen LogP contribution in [0.5, 0.6) is 11.5 Å². The predicted octanol–water partition coefficient (Wildman–Crippen LogP) is 1.93. The van der Waals surface area contributed by atoms with Gasteiger partial charge in [-0.05, 0) is 36.5 Å². The molecule has 1 amide bonds. The molecule has 5 heteroatoms. The Morgan fingerprint density at radius 2 is 2.10 bits per heavy atom. The molecular formula is C15H23NO4. The lowest BCUT2D eigenvalue weighted by molar-refractivity contribution is 0.0932. The van der Waals surface area contributed by atoms with Crippen molar-refractivity contribution in [3.8, 4) is 11.5 Å². The van der Waals surface area contributed by atoms with Gasteiger partial charge in [-0.3, -0.25) is 4.79 Å². The molecule has 0 aliphatic rings. The number of phenols is 1. The number of hydrogen-bond acceptors (Lipinski definition) is 4. The quantitative estimate of drug-likeness (QED) is 0.713. The van der Waals surface area contributed by atoms with Crippen molar-refractivity contribution in [2.75, 3.05) is 20.3 Å². The molecule has 112 valence electrons. The number of carbonyl (C=O) groups is 1. The molecule has 0 atom stereocenters. The van der Waals surface area contributed by atoms with Gasteiger partial charge in [-0.2, -0.15) is 0 Å². The van der Waals surface area contributed by atoms with Crippen LogP contribution in [0.15, 0.2) is 18.2 Å². The highest BCUT2D eigenvalue weighted by Gasteiger charge is 2.19. The summed E-state index contributed by atoms with van der Waals surface area (Å²) in [7, 11) is 1.46. The minimum absolute atomic E-state index is 0.0558. The highest BCUT2D eigenvalue weighted by Crippen LogP contribution is 2.26. The lowest BCUT2D eigenvalue weighted by atomic mass is 9.88. The van der Waals surface area contributed by atoms with E-state index in [0.29, 0.717) is 24.3 Å². The molecule has 0 aliphatic heterocycles. The summed E-state index contributed by atoms with van der Waals surface area (Å²) in [6.07, 6.45) is 1.55. The Hall–Kier alpha value is -1.75. The van der Waals surface area contributed by atoms with E-state index in [1.807, 2.05) is 13.8 Å². The van der Waals surface area contributed by atoms with E-state index in [0.717, 1.165) is 6.42 Å². The van der Waals surface area contributed by atoms with Crippen molar-refractivity contribution < 1.29 is 19.7 Å². The first-order chi connectivity index (χ1) is 9.39. The van der Waals surface area contributed by atoms with Crippen molar-refractivity contribution >= 4 is 5.91 Å².